The topological polar surface area (TPSA) is 58.1 Å². The van der Waals surface area contributed by atoms with Crippen molar-refractivity contribution in [2.24, 2.45) is 0 Å². The Hall–Kier alpha value is -2.95. The fourth-order valence-corrected chi connectivity index (χ4v) is 2.86. The number of nitrogens with zero attached hydrogens (tertiary/aromatic N) is 3. The number of amides is 2. The number of carbonyl (C=O) groups is 1. The summed E-state index contributed by atoms with van der Waals surface area (Å²) in [6.07, 6.45) is 2.51. The van der Waals surface area contributed by atoms with E-state index in [0.29, 0.717) is 13.1 Å². The van der Waals surface area contributed by atoms with Crippen LogP contribution in [0.2, 0.25) is 0 Å². The third-order valence-electron chi connectivity index (χ3n) is 4.05. The molecule has 0 unspecified atom stereocenters. The molecule has 0 aliphatic carbocycles. The maximum atomic E-state index is 12.4. The van der Waals surface area contributed by atoms with Crippen molar-refractivity contribution in [1.29, 1.82) is 0 Å². The minimum absolute atomic E-state index is 0.0758. The van der Waals surface area contributed by atoms with Crippen LogP contribution >= 0.6 is 0 Å². The van der Waals surface area contributed by atoms with Crippen LogP contribution < -0.4 is 5.32 Å². The van der Waals surface area contributed by atoms with E-state index in [0.717, 1.165) is 34.4 Å². The molecule has 1 aromatic carbocycles. The van der Waals surface area contributed by atoms with E-state index < -0.39 is 0 Å². The lowest BCUT2D eigenvalue weighted by Crippen LogP contribution is -2.39. The van der Waals surface area contributed by atoms with E-state index >= 15 is 0 Å². The molecule has 1 aliphatic heterocycles. The van der Waals surface area contributed by atoms with Crippen LogP contribution in [-0.2, 0) is 13.0 Å². The number of nitrogens with one attached hydrogen (secondary N) is 1. The van der Waals surface area contributed by atoms with Gasteiger partial charge in [-0.25, -0.2) is 14.8 Å². The molecule has 5 heteroatoms. The molecule has 4 rings (SSSR count). The number of fused-ring (bicyclic) bond motifs is 2. The lowest BCUT2D eigenvalue weighted by atomic mass is 10.0. The predicted octanol–water partition coefficient (Wildman–Crippen LogP) is 3.22. The second kappa shape index (κ2) is 5.68. The van der Waals surface area contributed by atoms with Crippen molar-refractivity contribution in [3.05, 3.63) is 66.0 Å². The smallest absolute Gasteiger partial charge is 0.320 e. The van der Waals surface area contributed by atoms with Gasteiger partial charge in [0, 0.05) is 42.5 Å². The van der Waals surface area contributed by atoms with Gasteiger partial charge < -0.3 is 10.2 Å². The van der Waals surface area contributed by atoms with Crippen molar-refractivity contribution in [1.82, 2.24) is 14.9 Å². The molecule has 114 valence electrons. The van der Waals surface area contributed by atoms with Crippen LogP contribution in [0.5, 0.6) is 0 Å². The average Bonchev–Trinajstić information content (AvgIpc) is 2.60. The Balaban J connectivity index is 1.56. The number of benzene rings is 1. The highest BCUT2D eigenvalue weighted by molar-refractivity contribution is 5.89. The Morgan fingerprint density at radius 3 is 2.87 bits per heavy atom. The third-order valence-corrected chi connectivity index (χ3v) is 4.05. The maximum Gasteiger partial charge on any atom is 0.322 e. The Morgan fingerprint density at radius 1 is 1.13 bits per heavy atom. The first-order chi connectivity index (χ1) is 11.3. The standard InChI is InChI=1S/C18H16N4O/c23-18(20-15-6-2-1-3-7-15)22-10-8-16-14(12-22)11-13-5-4-9-19-17(13)21-16/h1-7,9,11H,8,10,12H2,(H,20,23). The van der Waals surface area contributed by atoms with E-state index in [-0.39, 0.29) is 6.03 Å². The number of pyridine rings is 2. The van der Waals surface area contributed by atoms with Gasteiger partial charge in [0.25, 0.3) is 0 Å². The minimum atomic E-state index is -0.0758. The maximum absolute atomic E-state index is 12.4. The largest absolute Gasteiger partial charge is 0.322 e. The molecule has 3 heterocycles. The van der Waals surface area contributed by atoms with Gasteiger partial charge in [-0.1, -0.05) is 18.2 Å². The summed E-state index contributed by atoms with van der Waals surface area (Å²) in [6.45, 7) is 1.24. The van der Waals surface area contributed by atoms with Gasteiger partial charge in [0.15, 0.2) is 5.65 Å². The molecule has 0 spiro atoms. The molecule has 23 heavy (non-hydrogen) atoms. The highest BCUT2D eigenvalue weighted by atomic mass is 16.2. The number of carbonyl (C=O) groups excluding carboxylic acids is 1. The number of para-hydroxylation sites is 1. The Labute approximate surface area is 134 Å². The van der Waals surface area contributed by atoms with Gasteiger partial charge >= 0.3 is 6.03 Å². The molecule has 0 saturated carbocycles. The summed E-state index contributed by atoms with van der Waals surface area (Å²) in [5.74, 6) is 0. The number of urea groups is 1. The fourth-order valence-electron chi connectivity index (χ4n) is 2.86. The first kappa shape index (κ1) is 13.7. The molecule has 0 saturated heterocycles. The molecular weight excluding hydrogens is 288 g/mol. The Morgan fingerprint density at radius 2 is 2.00 bits per heavy atom. The van der Waals surface area contributed by atoms with Crippen molar-refractivity contribution in [3.8, 4) is 0 Å². The Bertz CT molecular complexity index is 863. The number of aromatic nitrogens is 2. The van der Waals surface area contributed by atoms with Crippen LogP contribution in [-0.4, -0.2) is 27.4 Å². The van der Waals surface area contributed by atoms with E-state index in [1.165, 1.54) is 0 Å². The predicted molar refractivity (Wildman–Crippen MR) is 89.1 cm³/mol. The lowest BCUT2D eigenvalue weighted by Gasteiger charge is -2.28. The van der Waals surface area contributed by atoms with Gasteiger partial charge in [-0.15, -0.1) is 0 Å². The van der Waals surface area contributed by atoms with Crippen molar-refractivity contribution >= 4 is 22.8 Å². The summed E-state index contributed by atoms with van der Waals surface area (Å²) in [5.41, 5.74) is 3.72. The van der Waals surface area contributed by atoms with E-state index in [2.05, 4.69) is 21.4 Å². The monoisotopic (exact) mass is 304 g/mol. The van der Waals surface area contributed by atoms with Crippen LogP contribution in [0.3, 0.4) is 0 Å². The first-order valence-corrected chi connectivity index (χ1v) is 7.64. The van der Waals surface area contributed by atoms with E-state index in [4.69, 9.17) is 0 Å². The molecule has 2 amide bonds. The van der Waals surface area contributed by atoms with Gasteiger partial charge in [-0.3, -0.25) is 0 Å². The molecule has 0 bridgehead atoms. The van der Waals surface area contributed by atoms with E-state index in [1.807, 2.05) is 47.4 Å². The van der Waals surface area contributed by atoms with Crippen molar-refractivity contribution in [3.63, 3.8) is 0 Å². The van der Waals surface area contributed by atoms with Crippen LogP contribution in [0.15, 0.2) is 54.7 Å². The molecule has 0 atom stereocenters. The molecule has 1 N–H and O–H groups in total. The number of rotatable bonds is 1. The molecule has 2 aromatic heterocycles. The summed E-state index contributed by atoms with van der Waals surface area (Å²) in [7, 11) is 0. The van der Waals surface area contributed by atoms with Crippen molar-refractivity contribution in [2.45, 2.75) is 13.0 Å². The number of anilines is 1. The lowest BCUT2D eigenvalue weighted by molar-refractivity contribution is 0.206. The second-order valence-corrected chi connectivity index (χ2v) is 5.61. The normalized spacial score (nSPS) is 13.7. The summed E-state index contributed by atoms with van der Waals surface area (Å²) < 4.78 is 0. The minimum Gasteiger partial charge on any atom is -0.320 e. The zero-order chi connectivity index (χ0) is 15.6. The summed E-state index contributed by atoms with van der Waals surface area (Å²) >= 11 is 0. The van der Waals surface area contributed by atoms with Crippen LogP contribution in [0.25, 0.3) is 11.0 Å². The van der Waals surface area contributed by atoms with Gasteiger partial charge in [0.1, 0.15) is 0 Å². The zero-order valence-electron chi connectivity index (χ0n) is 12.6. The SMILES string of the molecule is O=C(Nc1ccccc1)N1CCc2nc3ncccc3cc2C1. The average molecular weight is 304 g/mol. The van der Waals surface area contributed by atoms with Crippen LogP contribution in [0.1, 0.15) is 11.3 Å². The molecule has 5 nitrogen and oxygen atoms in total. The van der Waals surface area contributed by atoms with Crippen molar-refractivity contribution < 1.29 is 4.79 Å². The highest BCUT2D eigenvalue weighted by Crippen LogP contribution is 2.22. The van der Waals surface area contributed by atoms with E-state index in [9.17, 15) is 4.79 Å². The molecule has 3 aromatic rings. The highest BCUT2D eigenvalue weighted by Gasteiger charge is 2.22. The summed E-state index contributed by atoms with van der Waals surface area (Å²) in [4.78, 5) is 23.2. The van der Waals surface area contributed by atoms with Crippen LogP contribution in [0.4, 0.5) is 10.5 Å². The van der Waals surface area contributed by atoms with Gasteiger partial charge in [-0.2, -0.15) is 0 Å². The van der Waals surface area contributed by atoms with Gasteiger partial charge in [-0.05, 0) is 35.9 Å². The van der Waals surface area contributed by atoms with Crippen LogP contribution in [0, 0.1) is 0 Å². The zero-order valence-corrected chi connectivity index (χ0v) is 12.6. The third kappa shape index (κ3) is 2.73. The second-order valence-electron chi connectivity index (χ2n) is 5.61. The first-order valence-electron chi connectivity index (χ1n) is 7.64. The van der Waals surface area contributed by atoms with E-state index in [1.54, 1.807) is 6.20 Å². The molecule has 0 radical (unpaired) electrons. The molecule has 0 fully saturated rings. The number of hydrogen-bond acceptors (Lipinski definition) is 3. The van der Waals surface area contributed by atoms with Crippen molar-refractivity contribution in [2.75, 3.05) is 11.9 Å². The molecule has 1 aliphatic rings. The molecular formula is C18H16N4O. The quantitative estimate of drug-likeness (QED) is 0.751. The fraction of sp³-hybridized carbons (Fsp3) is 0.167. The summed E-state index contributed by atoms with van der Waals surface area (Å²) in [6, 6.07) is 15.4. The Kier molecular flexibility index (Phi) is 3.38. The van der Waals surface area contributed by atoms with Gasteiger partial charge in [0.05, 0.1) is 0 Å². The summed E-state index contributed by atoms with van der Waals surface area (Å²) in [5, 5.41) is 3.94. The van der Waals surface area contributed by atoms with Gasteiger partial charge in [0.2, 0.25) is 0 Å². The number of hydrogen-bond donors (Lipinski definition) is 1.